The van der Waals surface area contributed by atoms with Gasteiger partial charge in [0.2, 0.25) is 5.91 Å². The molecule has 1 saturated heterocycles. The van der Waals surface area contributed by atoms with Crippen LogP contribution in [0, 0.1) is 5.92 Å². The molecule has 0 N–H and O–H groups in total. The highest BCUT2D eigenvalue weighted by molar-refractivity contribution is 7.91. The van der Waals surface area contributed by atoms with Crippen molar-refractivity contribution < 1.29 is 22.5 Å². The van der Waals surface area contributed by atoms with Crippen LogP contribution in [0.1, 0.15) is 48.5 Å². The van der Waals surface area contributed by atoms with E-state index in [-0.39, 0.29) is 11.7 Å². The van der Waals surface area contributed by atoms with Gasteiger partial charge in [0.15, 0.2) is 15.6 Å². The number of amides is 1. The quantitative estimate of drug-likeness (QED) is 0.712. The zero-order chi connectivity index (χ0) is 17.9. The van der Waals surface area contributed by atoms with Crippen LogP contribution in [0.4, 0.5) is 0 Å². The van der Waals surface area contributed by atoms with E-state index in [4.69, 9.17) is 4.52 Å². The molecule has 0 unspecified atom stereocenters. The maximum absolute atomic E-state index is 11.9. The zero-order valence-electron chi connectivity index (χ0n) is 14.4. The summed E-state index contributed by atoms with van der Waals surface area (Å²) in [5, 5.41) is 3.98. The molecule has 1 aliphatic heterocycles. The Morgan fingerprint density at radius 3 is 2.42 bits per heavy atom. The molecule has 24 heavy (non-hydrogen) atoms. The van der Waals surface area contributed by atoms with Gasteiger partial charge in [0, 0.05) is 25.8 Å². The molecule has 134 valence electrons. The van der Waals surface area contributed by atoms with Gasteiger partial charge in [-0.15, -0.1) is 0 Å². The number of carbonyl (C=O) groups is 2. The predicted octanol–water partition coefficient (Wildman–Crippen LogP) is 1.27. The van der Waals surface area contributed by atoms with E-state index < -0.39 is 15.6 Å². The Morgan fingerprint density at radius 2 is 1.92 bits per heavy atom. The molecule has 0 aromatic carbocycles. The molecule has 2 rings (SSSR count). The third-order valence-corrected chi connectivity index (χ3v) is 5.12. The second-order valence-corrected chi connectivity index (χ2v) is 8.58. The van der Waals surface area contributed by atoms with Crippen molar-refractivity contribution in [3.8, 4) is 0 Å². The summed E-state index contributed by atoms with van der Waals surface area (Å²) in [4.78, 5) is 25.3. The molecule has 0 saturated carbocycles. The Morgan fingerprint density at radius 1 is 1.29 bits per heavy atom. The van der Waals surface area contributed by atoms with E-state index in [1.54, 1.807) is 4.90 Å². The maximum atomic E-state index is 11.9. The number of nitrogens with zero attached hydrogens (tertiary/aromatic N) is 2. The summed E-state index contributed by atoms with van der Waals surface area (Å²) in [5.41, 5.74) is 1.28. The smallest absolute Gasteiger partial charge is 0.237 e. The number of aromatic nitrogens is 1. The van der Waals surface area contributed by atoms with E-state index in [2.05, 4.69) is 5.16 Å². The van der Waals surface area contributed by atoms with Gasteiger partial charge >= 0.3 is 0 Å². The average molecular weight is 356 g/mol. The van der Waals surface area contributed by atoms with Crippen LogP contribution in [0.2, 0.25) is 0 Å². The number of hydrogen-bond donors (Lipinski definition) is 0. The van der Waals surface area contributed by atoms with Gasteiger partial charge in [-0.05, 0) is 32.1 Å². The molecule has 1 amide bonds. The molecule has 1 aliphatic rings. The number of aryl methyl sites for hydroxylation is 1. The molecule has 7 nitrogen and oxygen atoms in total. The largest absolute Gasteiger partial charge is 0.360 e. The van der Waals surface area contributed by atoms with E-state index >= 15 is 0 Å². The SMILES string of the molecule is CCc1noc(CC2CCN(C(=O)CS(C)(=O)=O)CC2)c1C(C)=O. The highest BCUT2D eigenvalue weighted by Gasteiger charge is 2.27. The van der Waals surface area contributed by atoms with Crippen LogP contribution in [0.3, 0.4) is 0 Å². The van der Waals surface area contributed by atoms with Crippen LogP contribution in [-0.4, -0.2) is 55.3 Å². The Hall–Kier alpha value is -1.70. The van der Waals surface area contributed by atoms with Crippen LogP contribution in [-0.2, 0) is 27.5 Å². The zero-order valence-corrected chi connectivity index (χ0v) is 15.2. The Balaban J connectivity index is 1.95. The van der Waals surface area contributed by atoms with Gasteiger partial charge in [0.1, 0.15) is 11.5 Å². The molecular formula is C16H24N2O5S. The molecule has 1 fully saturated rings. The van der Waals surface area contributed by atoms with Gasteiger partial charge < -0.3 is 9.42 Å². The number of piperidine rings is 1. The highest BCUT2D eigenvalue weighted by Crippen LogP contribution is 2.25. The van der Waals surface area contributed by atoms with E-state index in [0.717, 1.165) is 19.1 Å². The van der Waals surface area contributed by atoms with Gasteiger partial charge in [0.25, 0.3) is 0 Å². The van der Waals surface area contributed by atoms with Gasteiger partial charge in [-0.1, -0.05) is 12.1 Å². The summed E-state index contributed by atoms with van der Waals surface area (Å²) in [7, 11) is -3.30. The minimum Gasteiger partial charge on any atom is -0.360 e. The lowest BCUT2D eigenvalue weighted by Crippen LogP contribution is -2.41. The van der Waals surface area contributed by atoms with Crippen LogP contribution in [0.15, 0.2) is 4.52 Å². The second-order valence-electron chi connectivity index (χ2n) is 6.44. The van der Waals surface area contributed by atoms with Gasteiger partial charge in [-0.3, -0.25) is 9.59 Å². The number of Topliss-reactive ketones (excluding diaryl/α,β-unsaturated/α-hetero) is 1. The fourth-order valence-corrected chi connectivity index (χ4v) is 3.74. The molecular weight excluding hydrogens is 332 g/mol. The molecule has 0 atom stereocenters. The Labute approximate surface area is 142 Å². The Bertz CT molecular complexity index is 715. The highest BCUT2D eigenvalue weighted by atomic mass is 32.2. The lowest BCUT2D eigenvalue weighted by Gasteiger charge is -2.31. The molecule has 1 aromatic rings. The van der Waals surface area contributed by atoms with Crippen LogP contribution < -0.4 is 0 Å². The summed E-state index contributed by atoms with van der Waals surface area (Å²) in [6.45, 7) is 4.51. The van der Waals surface area contributed by atoms with Gasteiger partial charge in [-0.2, -0.15) is 0 Å². The molecule has 1 aromatic heterocycles. The molecule has 0 radical (unpaired) electrons. The monoisotopic (exact) mass is 356 g/mol. The number of rotatable bonds is 6. The number of sulfone groups is 1. The number of likely N-dealkylation sites (tertiary alicyclic amines) is 1. The fraction of sp³-hybridized carbons (Fsp3) is 0.688. The number of hydrogen-bond acceptors (Lipinski definition) is 6. The predicted molar refractivity (Wildman–Crippen MR) is 88.6 cm³/mol. The summed E-state index contributed by atoms with van der Waals surface area (Å²) in [6, 6.07) is 0. The van der Waals surface area contributed by atoms with Gasteiger partial charge in [-0.25, -0.2) is 8.42 Å². The van der Waals surface area contributed by atoms with Gasteiger partial charge in [0.05, 0.1) is 11.3 Å². The standard InChI is InChI=1S/C16H24N2O5S/c1-4-13-16(11(2)19)14(23-17-13)9-12-5-7-18(8-6-12)15(20)10-24(3,21)22/h12H,4-10H2,1-3H3. The minimum absolute atomic E-state index is 0.0381. The first kappa shape index (κ1) is 18.6. The van der Waals surface area contributed by atoms with Crippen LogP contribution in [0.25, 0.3) is 0 Å². The molecule has 0 aliphatic carbocycles. The van der Waals surface area contributed by atoms with E-state index in [1.807, 2.05) is 6.92 Å². The van der Waals surface area contributed by atoms with Crippen molar-refractivity contribution >= 4 is 21.5 Å². The van der Waals surface area contributed by atoms with Crippen molar-refractivity contribution in [2.24, 2.45) is 5.92 Å². The topological polar surface area (TPSA) is 97.6 Å². The van der Waals surface area contributed by atoms with E-state index in [1.165, 1.54) is 6.92 Å². The first-order valence-corrected chi connectivity index (χ1v) is 10.2. The third kappa shape index (κ3) is 4.66. The van der Waals surface area contributed by atoms with E-state index in [0.29, 0.717) is 48.9 Å². The molecule has 2 heterocycles. The molecule has 8 heteroatoms. The molecule has 0 spiro atoms. The second kappa shape index (κ2) is 7.46. The lowest BCUT2D eigenvalue weighted by molar-refractivity contribution is -0.129. The van der Waals surface area contributed by atoms with E-state index in [9.17, 15) is 18.0 Å². The van der Waals surface area contributed by atoms with Crippen molar-refractivity contribution in [3.63, 3.8) is 0 Å². The van der Waals surface area contributed by atoms with Crippen molar-refractivity contribution in [3.05, 3.63) is 17.0 Å². The van der Waals surface area contributed by atoms with Crippen molar-refractivity contribution in [1.29, 1.82) is 0 Å². The van der Waals surface area contributed by atoms with Crippen molar-refractivity contribution in [2.45, 2.75) is 39.5 Å². The first-order chi connectivity index (χ1) is 11.2. The molecule has 0 bridgehead atoms. The lowest BCUT2D eigenvalue weighted by atomic mass is 9.90. The summed E-state index contributed by atoms with van der Waals surface area (Å²) >= 11 is 0. The normalized spacial score (nSPS) is 16.4. The minimum atomic E-state index is -3.30. The average Bonchev–Trinajstić information content (AvgIpc) is 2.89. The Kier molecular flexibility index (Phi) is 5.79. The summed E-state index contributed by atoms with van der Waals surface area (Å²) in [6.07, 6.45) is 3.85. The number of carbonyl (C=O) groups excluding carboxylic acids is 2. The van der Waals surface area contributed by atoms with Crippen LogP contribution >= 0.6 is 0 Å². The summed E-state index contributed by atoms with van der Waals surface area (Å²) < 4.78 is 27.8. The third-order valence-electron chi connectivity index (χ3n) is 4.35. The fourth-order valence-electron chi connectivity index (χ4n) is 3.11. The summed E-state index contributed by atoms with van der Waals surface area (Å²) in [5.74, 6) is 0.106. The first-order valence-electron chi connectivity index (χ1n) is 8.15. The number of ketones is 1. The van der Waals surface area contributed by atoms with Crippen molar-refractivity contribution in [2.75, 3.05) is 25.1 Å². The van der Waals surface area contributed by atoms with Crippen LogP contribution in [0.5, 0.6) is 0 Å². The maximum Gasteiger partial charge on any atom is 0.237 e. The van der Waals surface area contributed by atoms with Crippen molar-refractivity contribution in [1.82, 2.24) is 10.1 Å².